The van der Waals surface area contributed by atoms with Crippen molar-refractivity contribution < 1.29 is 13.9 Å². The average Bonchev–Trinajstić information content (AvgIpc) is 2.68. The van der Waals surface area contributed by atoms with Gasteiger partial charge in [0, 0.05) is 6.20 Å². The molecule has 0 aliphatic heterocycles. The number of halogens is 2. The fourth-order valence-electron chi connectivity index (χ4n) is 2.72. The Morgan fingerprint density at radius 1 is 1.11 bits per heavy atom. The number of ether oxygens (including phenoxy) is 2. The van der Waals surface area contributed by atoms with E-state index in [0.29, 0.717) is 22.9 Å². The van der Waals surface area contributed by atoms with E-state index < -0.39 is 0 Å². The third-order valence-electron chi connectivity index (χ3n) is 4.11. The van der Waals surface area contributed by atoms with Crippen LogP contribution in [-0.2, 0) is 13.0 Å². The van der Waals surface area contributed by atoms with Crippen LogP contribution in [0.15, 0.2) is 60.8 Å². The van der Waals surface area contributed by atoms with Gasteiger partial charge in [0.2, 0.25) is 0 Å². The summed E-state index contributed by atoms with van der Waals surface area (Å²) in [6, 6.07) is 15.2. The van der Waals surface area contributed by atoms with Crippen molar-refractivity contribution in [3.63, 3.8) is 0 Å². The smallest absolute Gasteiger partial charge is 0.180 e. The summed E-state index contributed by atoms with van der Waals surface area (Å²) in [5, 5.41) is 0.430. The number of hydrogen-bond donors (Lipinski definition) is 1. The van der Waals surface area contributed by atoms with E-state index in [0.717, 1.165) is 16.8 Å². The summed E-state index contributed by atoms with van der Waals surface area (Å²) in [7, 11) is 1.55. The van der Waals surface area contributed by atoms with Crippen LogP contribution in [0, 0.1) is 5.82 Å². The molecule has 1 atom stereocenters. The quantitative estimate of drug-likeness (QED) is 0.639. The molecule has 4 nitrogen and oxygen atoms in total. The summed E-state index contributed by atoms with van der Waals surface area (Å²) in [4.78, 5) is 4.29. The second-order valence-electron chi connectivity index (χ2n) is 6.09. The highest BCUT2D eigenvalue weighted by atomic mass is 35.5. The molecular weight excluding hydrogens is 367 g/mol. The van der Waals surface area contributed by atoms with Crippen molar-refractivity contribution in [2.45, 2.75) is 19.1 Å². The lowest BCUT2D eigenvalue weighted by molar-refractivity contribution is 0.284. The number of nitrogens with two attached hydrogens (primary N) is 1. The molecule has 0 fully saturated rings. The zero-order chi connectivity index (χ0) is 19.2. The summed E-state index contributed by atoms with van der Waals surface area (Å²) in [6.45, 7) is 0.253. The monoisotopic (exact) mass is 386 g/mol. The predicted octanol–water partition coefficient (Wildman–Crippen LogP) is 4.70. The van der Waals surface area contributed by atoms with E-state index in [1.54, 1.807) is 25.4 Å². The second kappa shape index (κ2) is 8.84. The number of pyridine rings is 1. The summed E-state index contributed by atoms with van der Waals surface area (Å²) in [6.07, 6.45) is 2.28. The molecule has 1 unspecified atom stereocenters. The van der Waals surface area contributed by atoms with E-state index in [1.165, 1.54) is 12.1 Å². The van der Waals surface area contributed by atoms with Gasteiger partial charge in [0.1, 0.15) is 12.4 Å². The second-order valence-corrected chi connectivity index (χ2v) is 6.50. The minimum absolute atomic E-state index is 0.252. The normalized spacial score (nSPS) is 11.9. The first-order valence-corrected chi connectivity index (χ1v) is 8.85. The van der Waals surface area contributed by atoms with Crippen LogP contribution in [0.3, 0.4) is 0 Å². The van der Waals surface area contributed by atoms with E-state index in [4.69, 9.17) is 26.8 Å². The maximum atomic E-state index is 13.0. The van der Waals surface area contributed by atoms with Gasteiger partial charge in [0.25, 0.3) is 0 Å². The minimum Gasteiger partial charge on any atom is -0.493 e. The Bertz CT molecular complexity index is 889. The lowest BCUT2D eigenvalue weighted by Gasteiger charge is -2.16. The lowest BCUT2D eigenvalue weighted by Crippen LogP contribution is -2.14. The number of aromatic nitrogens is 1. The highest BCUT2D eigenvalue weighted by molar-refractivity contribution is 6.32. The summed E-state index contributed by atoms with van der Waals surface area (Å²) in [5.41, 5.74) is 8.80. The molecule has 6 heteroatoms. The molecule has 0 saturated carbocycles. The molecule has 3 rings (SSSR count). The van der Waals surface area contributed by atoms with Crippen LogP contribution >= 0.6 is 11.6 Å². The van der Waals surface area contributed by atoms with Crippen LogP contribution in [0.2, 0.25) is 5.02 Å². The maximum absolute atomic E-state index is 13.0. The maximum Gasteiger partial charge on any atom is 0.180 e. The Morgan fingerprint density at radius 3 is 2.56 bits per heavy atom. The van der Waals surface area contributed by atoms with Crippen molar-refractivity contribution in [2.24, 2.45) is 5.73 Å². The average molecular weight is 387 g/mol. The SMILES string of the molecule is COc1cc(CC(N)c2ccccn2)cc(Cl)c1OCc1ccc(F)cc1. The van der Waals surface area contributed by atoms with Gasteiger partial charge >= 0.3 is 0 Å². The number of hydrogen-bond acceptors (Lipinski definition) is 4. The Kier molecular flexibility index (Phi) is 6.27. The zero-order valence-corrected chi connectivity index (χ0v) is 15.6. The molecule has 2 aromatic carbocycles. The molecule has 140 valence electrons. The first kappa shape index (κ1) is 19.1. The molecule has 0 spiro atoms. The van der Waals surface area contributed by atoms with Crippen LogP contribution in [0.5, 0.6) is 11.5 Å². The van der Waals surface area contributed by atoms with Crippen LogP contribution in [-0.4, -0.2) is 12.1 Å². The van der Waals surface area contributed by atoms with Crippen molar-refractivity contribution in [1.82, 2.24) is 4.98 Å². The fourth-order valence-corrected chi connectivity index (χ4v) is 3.01. The van der Waals surface area contributed by atoms with Gasteiger partial charge in [-0.25, -0.2) is 4.39 Å². The molecule has 0 amide bonds. The number of methoxy groups -OCH3 is 1. The molecule has 27 heavy (non-hydrogen) atoms. The van der Waals surface area contributed by atoms with Crippen molar-refractivity contribution in [2.75, 3.05) is 7.11 Å². The number of rotatable bonds is 7. The first-order chi connectivity index (χ1) is 13.1. The van der Waals surface area contributed by atoms with Crippen LogP contribution in [0.4, 0.5) is 4.39 Å². The largest absolute Gasteiger partial charge is 0.493 e. The Labute approximate surface area is 162 Å². The molecule has 0 bridgehead atoms. The van der Waals surface area contributed by atoms with Crippen LogP contribution in [0.25, 0.3) is 0 Å². The standard InChI is InChI=1S/C21H20ClFN2O2/c1-26-20-12-15(11-18(24)19-4-2-3-9-25-19)10-17(22)21(20)27-13-14-5-7-16(23)8-6-14/h2-10,12,18H,11,13,24H2,1H3. The molecule has 3 aromatic rings. The van der Waals surface area contributed by atoms with Gasteiger partial charge in [0.05, 0.1) is 23.9 Å². The fraction of sp³-hybridized carbons (Fsp3) is 0.190. The van der Waals surface area contributed by atoms with Gasteiger partial charge in [-0.05, 0) is 53.9 Å². The topological polar surface area (TPSA) is 57.4 Å². The summed E-state index contributed by atoms with van der Waals surface area (Å²) in [5.74, 6) is 0.675. The third-order valence-corrected chi connectivity index (χ3v) is 4.39. The van der Waals surface area contributed by atoms with Gasteiger partial charge in [-0.2, -0.15) is 0 Å². The predicted molar refractivity (Wildman–Crippen MR) is 104 cm³/mol. The lowest BCUT2D eigenvalue weighted by atomic mass is 10.0. The molecular formula is C21H20ClFN2O2. The molecule has 2 N–H and O–H groups in total. The van der Waals surface area contributed by atoms with Gasteiger partial charge in [-0.3, -0.25) is 4.98 Å². The summed E-state index contributed by atoms with van der Waals surface area (Å²) < 4.78 is 24.2. The zero-order valence-electron chi connectivity index (χ0n) is 14.9. The highest BCUT2D eigenvalue weighted by Crippen LogP contribution is 2.37. The van der Waals surface area contributed by atoms with Crippen LogP contribution < -0.4 is 15.2 Å². The van der Waals surface area contributed by atoms with E-state index in [9.17, 15) is 4.39 Å². The van der Waals surface area contributed by atoms with Crippen molar-refractivity contribution in [1.29, 1.82) is 0 Å². The molecule has 0 saturated heterocycles. The first-order valence-electron chi connectivity index (χ1n) is 8.47. The molecule has 0 aliphatic carbocycles. The third kappa shape index (κ3) is 4.96. The minimum atomic E-state index is -0.289. The van der Waals surface area contributed by atoms with Crippen molar-refractivity contribution in [3.05, 3.63) is 88.5 Å². The summed E-state index contributed by atoms with van der Waals surface area (Å²) >= 11 is 6.41. The Balaban J connectivity index is 1.75. The molecule has 1 heterocycles. The Hall–Kier alpha value is -2.63. The van der Waals surface area contributed by atoms with E-state index in [-0.39, 0.29) is 18.5 Å². The van der Waals surface area contributed by atoms with Crippen LogP contribution in [0.1, 0.15) is 22.9 Å². The van der Waals surface area contributed by atoms with E-state index >= 15 is 0 Å². The van der Waals surface area contributed by atoms with Gasteiger partial charge in [-0.15, -0.1) is 0 Å². The van der Waals surface area contributed by atoms with Gasteiger partial charge in [0.15, 0.2) is 11.5 Å². The van der Waals surface area contributed by atoms with E-state index in [1.807, 2.05) is 30.3 Å². The highest BCUT2D eigenvalue weighted by Gasteiger charge is 2.15. The van der Waals surface area contributed by atoms with E-state index in [2.05, 4.69) is 4.98 Å². The Morgan fingerprint density at radius 2 is 1.89 bits per heavy atom. The number of benzene rings is 2. The van der Waals surface area contributed by atoms with Gasteiger partial charge in [-0.1, -0.05) is 29.8 Å². The number of nitrogens with zero attached hydrogens (tertiary/aromatic N) is 1. The van der Waals surface area contributed by atoms with Crippen molar-refractivity contribution >= 4 is 11.6 Å². The van der Waals surface area contributed by atoms with Crippen molar-refractivity contribution in [3.8, 4) is 11.5 Å². The van der Waals surface area contributed by atoms with Gasteiger partial charge < -0.3 is 15.2 Å². The molecule has 0 radical (unpaired) electrons. The molecule has 1 aromatic heterocycles. The molecule has 0 aliphatic rings.